The van der Waals surface area contributed by atoms with Gasteiger partial charge in [-0.3, -0.25) is 0 Å². The van der Waals surface area contributed by atoms with Crippen LogP contribution in [0.3, 0.4) is 0 Å². The fourth-order valence-corrected chi connectivity index (χ4v) is 1.10. The Labute approximate surface area is 65.6 Å². The maximum Gasteiger partial charge on any atom is 0.198 e. The molecule has 0 amide bonds. The van der Waals surface area contributed by atoms with Crippen molar-refractivity contribution in [3.8, 4) is 0 Å². The van der Waals surface area contributed by atoms with Crippen LogP contribution in [0.15, 0.2) is 23.2 Å². The predicted molar refractivity (Wildman–Crippen MR) is 41.6 cm³/mol. The summed E-state index contributed by atoms with van der Waals surface area (Å²) >= 11 is 3.17. The van der Waals surface area contributed by atoms with Crippen molar-refractivity contribution in [2.75, 3.05) is 0 Å². The van der Waals surface area contributed by atoms with E-state index in [-0.39, 0.29) is 0 Å². The van der Waals surface area contributed by atoms with Gasteiger partial charge in [0.2, 0.25) is 0 Å². The van der Waals surface area contributed by atoms with E-state index >= 15 is 0 Å². The van der Waals surface area contributed by atoms with Crippen LogP contribution in [-0.4, -0.2) is 15.0 Å². The Morgan fingerprint density at radius 3 is 3.30 bits per heavy atom. The maximum absolute atomic E-state index is 4.09. The summed E-state index contributed by atoms with van der Waals surface area (Å²) in [5, 5.41) is 1.03. The van der Waals surface area contributed by atoms with Crippen LogP contribution >= 0.6 is 15.9 Å². The van der Waals surface area contributed by atoms with Gasteiger partial charge in [0.1, 0.15) is 5.65 Å². The molecule has 0 fully saturated rings. The van der Waals surface area contributed by atoms with E-state index in [0.29, 0.717) is 4.73 Å². The molecule has 0 aliphatic rings. The van der Waals surface area contributed by atoms with Crippen molar-refractivity contribution < 1.29 is 0 Å². The number of aromatic nitrogens is 3. The molecule has 2 heterocycles. The lowest BCUT2D eigenvalue weighted by molar-refractivity contribution is 1.14. The summed E-state index contributed by atoms with van der Waals surface area (Å²) < 4.78 is 0.613. The van der Waals surface area contributed by atoms with Crippen LogP contribution in [0.4, 0.5) is 0 Å². The number of halogens is 1. The largest absolute Gasteiger partial charge is 0.346 e. The van der Waals surface area contributed by atoms with E-state index in [1.165, 1.54) is 0 Å². The van der Waals surface area contributed by atoms with Crippen LogP contribution in [0.2, 0.25) is 0 Å². The average molecular weight is 198 g/mol. The first-order chi connectivity index (χ1) is 4.86. The van der Waals surface area contributed by atoms with Gasteiger partial charge in [0.05, 0.1) is 0 Å². The van der Waals surface area contributed by atoms with E-state index in [1.807, 2.05) is 12.3 Å². The summed E-state index contributed by atoms with van der Waals surface area (Å²) in [7, 11) is 0. The number of aromatic amines is 1. The predicted octanol–water partition coefficient (Wildman–Crippen LogP) is 1.72. The second-order valence-corrected chi connectivity index (χ2v) is 2.63. The Morgan fingerprint density at radius 1 is 1.50 bits per heavy atom. The third-order valence-electron chi connectivity index (χ3n) is 1.27. The highest BCUT2D eigenvalue weighted by Gasteiger charge is 1.94. The van der Waals surface area contributed by atoms with Crippen molar-refractivity contribution >= 4 is 27.0 Å². The number of hydrogen-bond donors (Lipinski definition) is 1. The fraction of sp³-hybridized carbons (Fsp3) is 0. The lowest BCUT2D eigenvalue weighted by Crippen LogP contribution is -1.80. The average Bonchev–Trinajstić information content (AvgIpc) is 2.33. The summed E-state index contributed by atoms with van der Waals surface area (Å²) in [5.41, 5.74) is 0.863. The van der Waals surface area contributed by atoms with Crippen molar-refractivity contribution in [1.29, 1.82) is 0 Å². The number of nitrogens with one attached hydrogen (secondary N) is 1. The second-order valence-electron chi connectivity index (χ2n) is 1.92. The molecular weight excluding hydrogens is 194 g/mol. The minimum Gasteiger partial charge on any atom is -0.346 e. The molecule has 0 radical (unpaired) electrons. The highest BCUT2D eigenvalue weighted by molar-refractivity contribution is 9.10. The smallest absolute Gasteiger partial charge is 0.198 e. The molecule has 0 aromatic carbocycles. The number of H-pyrrole nitrogens is 1. The summed E-state index contributed by atoms with van der Waals surface area (Å²) in [4.78, 5) is 11.0. The molecule has 1 N–H and O–H groups in total. The Balaban J connectivity index is 2.86. The molecule has 2 aromatic rings. The van der Waals surface area contributed by atoms with Crippen LogP contribution in [0.5, 0.6) is 0 Å². The zero-order valence-electron chi connectivity index (χ0n) is 5.00. The zero-order chi connectivity index (χ0) is 6.97. The Kier molecular flexibility index (Phi) is 1.20. The van der Waals surface area contributed by atoms with Crippen molar-refractivity contribution in [3.05, 3.63) is 23.2 Å². The molecule has 0 unspecified atom stereocenters. The Hall–Kier alpha value is -0.900. The molecule has 3 nitrogen and oxygen atoms in total. The van der Waals surface area contributed by atoms with Gasteiger partial charge >= 0.3 is 0 Å². The summed E-state index contributed by atoms with van der Waals surface area (Å²) in [6, 6.07) is 1.93. The van der Waals surface area contributed by atoms with Crippen LogP contribution < -0.4 is 0 Å². The summed E-state index contributed by atoms with van der Waals surface area (Å²) in [6.07, 6.45) is 3.61. The van der Waals surface area contributed by atoms with Crippen LogP contribution in [0, 0.1) is 0 Å². The van der Waals surface area contributed by atoms with E-state index < -0.39 is 0 Å². The molecule has 4 heteroatoms. The Morgan fingerprint density at radius 2 is 2.40 bits per heavy atom. The Bertz CT molecular complexity index is 355. The van der Waals surface area contributed by atoms with E-state index in [1.54, 1.807) is 6.20 Å². The first kappa shape index (κ1) is 5.85. The van der Waals surface area contributed by atoms with Crippen molar-refractivity contribution in [3.63, 3.8) is 0 Å². The highest BCUT2D eigenvalue weighted by atomic mass is 79.9. The van der Waals surface area contributed by atoms with Gasteiger partial charge in [-0.25, -0.2) is 9.97 Å². The molecule has 2 rings (SSSR count). The quantitative estimate of drug-likeness (QED) is 0.654. The van der Waals surface area contributed by atoms with Crippen LogP contribution in [-0.2, 0) is 0 Å². The minimum absolute atomic E-state index is 0.613. The topological polar surface area (TPSA) is 41.6 Å². The lowest BCUT2D eigenvalue weighted by atomic mass is 10.4. The lowest BCUT2D eigenvalue weighted by Gasteiger charge is -1.87. The van der Waals surface area contributed by atoms with Gasteiger partial charge in [-0.1, -0.05) is 0 Å². The van der Waals surface area contributed by atoms with Gasteiger partial charge in [-0.05, 0) is 22.0 Å². The molecule has 10 heavy (non-hydrogen) atoms. The molecule has 0 spiro atoms. The summed E-state index contributed by atoms with van der Waals surface area (Å²) in [5.74, 6) is 0. The third-order valence-corrected chi connectivity index (χ3v) is 1.65. The molecule has 0 bridgehead atoms. The van der Waals surface area contributed by atoms with E-state index in [9.17, 15) is 0 Å². The standard InChI is InChI=1S/C6H4BrN3/c7-6-9-3-4-1-2-8-5(4)10-6/h1-3H,(H,8,9,10). The fourth-order valence-electron chi connectivity index (χ4n) is 0.818. The first-order valence-electron chi connectivity index (χ1n) is 2.82. The van der Waals surface area contributed by atoms with E-state index in [4.69, 9.17) is 0 Å². The molecule has 2 aromatic heterocycles. The van der Waals surface area contributed by atoms with Crippen molar-refractivity contribution in [2.24, 2.45) is 0 Å². The normalized spacial score (nSPS) is 10.5. The van der Waals surface area contributed by atoms with Crippen molar-refractivity contribution in [2.45, 2.75) is 0 Å². The van der Waals surface area contributed by atoms with Gasteiger partial charge in [0, 0.05) is 17.8 Å². The van der Waals surface area contributed by atoms with Crippen LogP contribution in [0.25, 0.3) is 11.0 Å². The monoisotopic (exact) mass is 197 g/mol. The van der Waals surface area contributed by atoms with Crippen molar-refractivity contribution in [1.82, 2.24) is 15.0 Å². The number of fused-ring (bicyclic) bond motifs is 1. The zero-order valence-corrected chi connectivity index (χ0v) is 6.59. The van der Waals surface area contributed by atoms with E-state index in [2.05, 4.69) is 30.9 Å². The molecule has 0 saturated carbocycles. The van der Waals surface area contributed by atoms with Crippen LogP contribution in [0.1, 0.15) is 0 Å². The number of rotatable bonds is 0. The third kappa shape index (κ3) is 0.806. The first-order valence-corrected chi connectivity index (χ1v) is 3.61. The summed E-state index contributed by atoms with van der Waals surface area (Å²) in [6.45, 7) is 0. The van der Waals surface area contributed by atoms with Gasteiger partial charge < -0.3 is 4.98 Å². The number of nitrogens with zero attached hydrogens (tertiary/aromatic N) is 2. The minimum atomic E-state index is 0.613. The molecule has 0 atom stereocenters. The van der Waals surface area contributed by atoms with Gasteiger partial charge in [-0.15, -0.1) is 0 Å². The van der Waals surface area contributed by atoms with E-state index in [0.717, 1.165) is 11.0 Å². The van der Waals surface area contributed by atoms with Gasteiger partial charge in [0.15, 0.2) is 4.73 Å². The highest BCUT2D eigenvalue weighted by Crippen LogP contribution is 2.09. The molecule has 0 saturated heterocycles. The number of hydrogen-bond acceptors (Lipinski definition) is 2. The maximum atomic E-state index is 4.09. The second kappa shape index (κ2) is 2.05. The van der Waals surface area contributed by atoms with Gasteiger partial charge in [0.25, 0.3) is 0 Å². The molecule has 0 aliphatic carbocycles. The molecule has 0 aliphatic heterocycles. The molecular formula is C6H4BrN3. The SMILES string of the molecule is Brc1ncc2cc[nH]c2n1. The van der Waals surface area contributed by atoms with Gasteiger partial charge in [-0.2, -0.15) is 0 Å². The molecule has 50 valence electrons.